The van der Waals surface area contributed by atoms with Gasteiger partial charge in [-0.1, -0.05) is 6.08 Å². The van der Waals surface area contributed by atoms with Gasteiger partial charge in [0.25, 0.3) is 5.56 Å². The molecule has 1 heterocycles. The third-order valence-corrected chi connectivity index (χ3v) is 2.79. The average molecular weight is 304 g/mol. The van der Waals surface area contributed by atoms with Crippen molar-refractivity contribution < 1.29 is 10.2 Å². The lowest BCUT2D eigenvalue weighted by atomic mass is 10.3. The predicted octanol–water partition coefficient (Wildman–Crippen LogP) is -0.0431. The van der Waals surface area contributed by atoms with Crippen molar-refractivity contribution in [3.05, 3.63) is 33.7 Å². The van der Waals surface area contributed by atoms with Crippen molar-refractivity contribution in [2.75, 3.05) is 18.5 Å². The van der Waals surface area contributed by atoms with Crippen molar-refractivity contribution in [2.45, 2.75) is 12.6 Å². The number of anilines is 1. The van der Waals surface area contributed by atoms with Crippen LogP contribution < -0.4 is 10.9 Å². The van der Waals surface area contributed by atoms with Gasteiger partial charge in [0.15, 0.2) is 0 Å². The van der Waals surface area contributed by atoms with Gasteiger partial charge in [0.1, 0.15) is 4.47 Å². The van der Waals surface area contributed by atoms with Gasteiger partial charge in [-0.3, -0.25) is 4.79 Å². The number of rotatable bonds is 6. The maximum atomic E-state index is 11.7. The minimum absolute atomic E-state index is 0.141. The van der Waals surface area contributed by atoms with E-state index in [0.717, 1.165) is 0 Å². The van der Waals surface area contributed by atoms with E-state index in [9.17, 15) is 9.90 Å². The molecule has 0 spiro atoms. The largest absolute Gasteiger partial charge is 0.394 e. The highest BCUT2D eigenvalue weighted by molar-refractivity contribution is 9.10. The van der Waals surface area contributed by atoms with E-state index in [1.807, 2.05) is 0 Å². The summed E-state index contributed by atoms with van der Waals surface area (Å²) in [7, 11) is 0. The average Bonchev–Trinajstić information content (AvgIpc) is 2.34. The minimum Gasteiger partial charge on any atom is -0.394 e. The molecule has 0 amide bonds. The van der Waals surface area contributed by atoms with Crippen LogP contribution in [0, 0.1) is 0 Å². The predicted molar refractivity (Wildman–Crippen MR) is 68.0 cm³/mol. The number of nitrogens with one attached hydrogen (secondary N) is 1. The lowest BCUT2D eigenvalue weighted by Gasteiger charge is -2.11. The van der Waals surface area contributed by atoms with Gasteiger partial charge >= 0.3 is 0 Å². The van der Waals surface area contributed by atoms with Crippen molar-refractivity contribution in [1.82, 2.24) is 9.78 Å². The van der Waals surface area contributed by atoms with Crippen molar-refractivity contribution in [1.29, 1.82) is 0 Å². The fourth-order valence-electron chi connectivity index (χ4n) is 1.13. The number of halogens is 1. The van der Waals surface area contributed by atoms with E-state index in [2.05, 4.69) is 32.9 Å². The number of allylic oxidation sites excluding steroid dienone is 1. The number of aliphatic hydroxyl groups excluding tert-OH is 2. The Morgan fingerprint density at radius 2 is 2.41 bits per heavy atom. The molecule has 0 aliphatic heterocycles. The monoisotopic (exact) mass is 303 g/mol. The number of aliphatic hydroxyl groups is 2. The minimum atomic E-state index is -0.877. The van der Waals surface area contributed by atoms with E-state index in [4.69, 9.17) is 5.11 Å². The van der Waals surface area contributed by atoms with Gasteiger partial charge in [0.05, 0.1) is 31.1 Å². The zero-order chi connectivity index (χ0) is 12.8. The molecule has 7 heteroatoms. The number of aromatic nitrogens is 2. The summed E-state index contributed by atoms with van der Waals surface area (Å²) in [4.78, 5) is 11.7. The van der Waals surface area contributed by atoms with E-state index in [-0.39, 0.29) is 18.7 Å². The summed E-state index contributed by atoms with van der Waals surface area (Å²) >= 11 is 3.16. The van der Waals surface area contributed by atoms with E-state index < -0.39 is 6.10 Å². The Kier molecular flexibility index (Phi) is 5.33. The molecule has 0 aliphatic carbocycles. The molecule has 0 bridgehead atoms. The molecule has 0 fully saturated rings. The third kappa shape index (κ3) is 3.65. The third-order valence-electron chi connectivity index (χ3n) is 2.03. The van der Waals surface area contributed by atoms with Crippen LogP contribution in [0.2, 0.25) is 0 Å². The summed E-state index contributed by atoms with van der Waals surface area (Å²) in [6, 6.07) is 0. The van der Waals surface area contributed by atoms with Gasteiger partial charge in [-0.25, -0.2) is 4.68 Å². The van der Waals surface area contributed by atoms with Crippen LogP contribution in [-0.4, -0.2) is 39.2 Å². The van der Waals surface area contributed by atoms with Crippen LogP contribution in [0.4, 0.5) is 5.69 Å². The van der Waals surface area contributed by atoms with Crippen LogP contribution in [0.15, 0.2) is 28.1 Å². The van der Waals surface area contributed by atoms with E-state index >= 15 is 0 Å². The molecule has 0 aromatic carbocycles. The molecule has 6 nitrogen and oxygen atoms in total. The van der Waals surface area contributed by atoms with Crippen molar-refractivity contribution in [2.24, 2.45) is 0 Å². The molecule has 94 valence electrons. The molecule has 0 saturated carbocycles. The molecule has 1 unspecified atom stereocenters. The van der Waals surface area contributed by atoms with Crippen LogP contribution in [0.3, 0.4) is 0 Å². The first kappa shape index (κ1) is 13.9. The smallest absolute Gasteiger partial charge is 0.283 e. The summed E-state index contributed by atoms with van der Waals surface area (Å²) < 4.78 is 1.59. The molecule has 0 radical (unpaired) electrons. The Bertz CT molecular complexity index is 447. The Labute approximate surface area is 107 Å². The lowest BCUT2D eigenvalue weighted by Crippen LogP contribution is -2.27. The normalized spacial score (nSPS) is 12.2. The van der Waals surface area contributed by atoms with Crippen molar-refractivity contribution in [3.8, 4) is 0 Å². The Balaban J connectivity index is 2.85. The lowest BCUT2D eigenvalue weighted by molar-refractivity contribution is 0.105. The van der Waals surface area contributed by atoms with Gasteiger partial charge in [0, 0.05) is 6.54 Å². The SMILES string of the molecule is C=CCn1ncc(NCC(O)CO)c(Br)c1=O. The first-order chi connectivity index (χ1) is 8.10. The van der Waals surface area contributed by atoms with E-state index in [1.54, 1.807) is 6.08 Å². The second-order valence-electron chi connectivity index (χ2n) is 3.37. The van der Waals surface area contributed by atoms with Crippen molar-refractivity contribution >= 4 is 21.6 Å². The summed E-state index contributed by atoms with van der Waals surface area (Å²) in [6.45, 7) is 3.66. The highest BCUT2D eigenvalue weighted by Gasteiger charge is 2.09. The molecule has 1 atom stereocenters. The van der Waals surface area contributed by atoms with Gasteiger partial charge in [0.2, 0.25) is 0 Å². The van der Waals surface area contributed by atoms with Crippen LogP contribution in [-0.2, 0) is 6.54 Å². The summed E-state index contributed by atoms with van der Waals surface area (Å²) in [6.07, 6.45) is 2.17. The zero-order valence-corrected chi connectivity index (χ0v) is 10.7. The Morgan fingerprint density at radius 3 is 3.00 bits per heavy atom. The summed E-state index contributed by atoms with van der Waals surface area (Å²) in [5.41, 5.74) is 0.191. The number of hydrogen-bond donors (Lipinski definition) is 3. The molecule has 17 heavy (non-hydrogen) atoms. The second kappa shape index (κ2) is 6.53. The number of nitrogens with zero attached hydrogens (tertiary/aromatic N) is 2. The Morgan fingerprint density at radius 1 is 1.71 bits per heavy atom. The zero-order valence-electron chi connectivity index (χ0n) is 9.14. The first-order valence-electron chi connectivity index (χ1n) is 4.99. The first-order valence-corrected chi connectivity index (χ1v) is 5.78. The molecular formula is C10H14BrN3O3. The fraction of sp³-hybridized carbons (Fsp3) is 0.400. The van der Waals surface area contributed by atoms with Gasteiger partial charge in [-0.15, -0.1) is 6.58 Å². The second-order valence-corrected chi connectivity index (χ2v) is 4.16. The highest BCUT2D eigenvalue weighted by atomic mass is 79.9. The summed E-state index contributed by atoms with van der Waals surface area (Å²) in [5, 5.41) is 24.6. The van der Waals surface area contributed by atoms with Gasteiger partial charge in [-0.05, 0) is 15.9 Å². The maximum absolute atomic E-state index is 11.7. The molecule has 3 N–H and O–H groups in total. The molecule has 1 aromatic heterocycles. The van der Waals surface area contributed by atoms with Gasteiger partial charge in [-0.2, -0.15) is 5.10 Å². The molecule has 0 saturated heterocycles. The van der Waals surface area contributed by atoms with Crippen LogP contribution in [0.25, 0.3) is 0 Å². The van der Waals surface area contributed by atoms with E-state index in [1.165, 1.54) is 10.9 Å². The number of hydrogen-bond acceptors (Lipinski definition) is 5. The van der Waals surface area contributed by atoms with Gasteiger partial charge < -0.3 is 15.5 Å². The van der Waals surface area contributed by atoms with E-state index in [0.29, 0.717) is 16.7 Å². The maximum Gasteiger partial charge on any atom is 0.283 e. The Hall–Kier alpha value is -1.18. The summed E-state index contributed by atoms with van der Waals surface area (Å²) in [5.74, 6) is 0. The van der Waals surface area contributed by atoms with Crippen LogP contribution in [0.1, 0.15) is 0 Å². The standard InChI is InChI=1S/C10H14BrN3O3/c1-2-3-14-10(17)9(11)8(5-13-14)12-4-7(16)6-15/h2,5,7,12,15-16H,1,3-4,6H2. The van der Waals surface area contributed by atoms with Crippen LogP contribution in [0.5, 0.6) is 0 Å². The quantitative estimate of drug-likeness (QED) is 0.642. The molecule has 0 aliphatic rings. The molecule has 1 aromatic rings. The molecule has 1 rings (SSSR count). The highest BCUT2D eigenvalue weighted by Crippen LogP contribution is 2.15. The molecular weight excluding hydrogens is 290 g/mol. The topological polar surface area (TPSA) is 87.4 Å². The van der Waals surface area contributed by atoms with Crippen molar-refractivity contribution in [3.63, 3.8) is 0 Å². The van der Waals surface area contributed by atoms with Crippen LogP contribution >= 0.6 is 15.9 Å². The fourth-order valence-corrected chi connectivity index (χ4v) is 1.58.